The third-order valence-corrected chi connectivity index (χ3v) is 4.41. The lowest BCUT2D eigenvalue weighted by Gasteiger charge is -2.07. The number of carbonyl (C=O) groups excluding carboxylic acids is 1. The van der Waals surface area contributed by atoms with Crippen molar-refractivity contribution >= 4 is 28.1 Å². The number of ether oxygens (including phenoxy) is 1. The van der Waals surface area contributed by atoms with E-state index in [0.29, 0.717) is 19.6 Å². The van der Waals surface area contributed by atoms with Gasteiger partial charge < -0.3 is 15.4 Å². The molecule has 0 saturated heterocycles. The molecule has 0 saturated carbocycles. The molecule has 2 rings (SSSR count). The zero-order valence-electron chi connectivity index (χ0n) is 15.2. The van der Waals surface area contributed by atoms with Gasteiger partial charge in [0, 0.05) is 24.2 Å². The highest BCUT2D eigenvalue weighted by atomic mass is 32.1. The maximum absolute atomic E-state index is 11.9. The molecule has 0 bridgehead atoms. The summed E-state index contributed by atoms with van der Waals surface area (Å²) in [5, 5.41) is 8.90. The Morgan fingerprint density at radius 2 is 2.04 bits per heavy atom. The van der Waals surface area contributed by atoms with Crippen LogP contribution in [0.2, 0.25) is 0 Å². The molecule has 0 aliphatic carbocycles. The predicted molar refractivity (Wildman–Crippen MR) is 104 cm³/mol. The molecule has 0 atom stereocenters. The van der Waals surface area contributed by atoms with Crippen molar-refractivity contribution in [3.8, 4) is 0 Å². The van der Waals surface area contributed by atoms with Gasteiger partial charge in [-0.3, -0.25) is 4.79 Å². The fourth-order valence-electron chi connectivity index (χ4n) is 2.24. The Kier molecular flexibility index (Phi) is 7.88. The van der Waals surface area contributed by atoms with Gasteiger partial charge in [-0.2, -0.15) is 0 Å². The van der Waals surface area contributed by atoms with Gasteiger partial charge in [0.05, 0.1) is 18.2 Å². The quantitative estimate of drug-likeness (QED) is 0.630. The Morgan fingerprint density at radius 1 is 1.28 bits per heavy atom. The second kappa shape index (κ2) is 10.2. The van der Waals surface area contributed by atoms with Crippen LogP contribution in [0.25, 0.3) is 0 Å². The van der Waals surface area contributed by atoms with E-state index in [4.69, 9.17) is 4.74 Å². The molecule has 6 heteroatoms. The molecule has 1 aromatic heterocycles. The van der Waals surface area contributed by atoms with E-state index in [2.05, 4.69) is 34.7 Å². The topological polar surface area (TPSA) is 63.2 Å². The highest BCUT2D eigenvalue weighted by molar-refractivity contribution is 7.13. The number of hydrogen-bond acceptors (Lipinski definition) is 5. The molecule has 0 radical (unpaired) electrons. The number of aromatic nitrogens is 1. The lowest BCUT2D eigenvalue weighted by atomic mass is 10.1. The molecular formula is C19H27N3O2S. The Morgan fingerprint density at radius 3 is 2.72 bits per heavy atom. The van der Waals surface area contributed by atoms with Crippen LogP contribution >= 0.6 is 11.3 Å². The summed E-state index contributed by atoms with van der Waals surface area (Å²) in [7, 11) is 0. The molecule has 0 aliphatic heterocycles. The molecule has 2 aromatic rings. The van der Waals surface area contributed by atoms with Crippen LogP contribution < -0.4 is 10.6 Å². The first-order valence-corrected chi connectivity index (χ1v) is 9.63. The lowest BCUT2D eigenvalue weighted by Crippen LogP contribution is -2.27. The fourth-order valence-corrected chi connectivity index (χ4v) is 2.97. The van der Waals surface area contributed by atoms with E-state index in [1.165, 1.54) is 16.9 Å². The van der Waals surface area contributed by atoms with Gasteiger partial charge in [0.2, 0.25) is 5.91 Å². The van der Waals surface area contributed by atoms with Crippen molar-refractivity contribution in [3.05, 3.63) is 40.9 Å². The van der Waals surface area contributed by atoms with E-state index in [0.717, 1.165) is 29.4 Å². The zero-order chi connectivity index (χ0) is 18.1. The van der Waals surface area contributed by atoms with Crippen molar-refractivity contribution in [2.75, 3.05) is 18.5 Å². The van der Waals surface area contributed by atoms with Crippen molar-refractivity contribution in [1.29, 1.82) is 0 Å². The van der Waals surface area contributed by atoms with E-state index in [1.54, 1.807) is 0 Å². The van der Waals surface area contributed by atoms with Crippen molar-refractivity contribution < 1.29 is 9.53 Å². The standard InChI is InChI=1S/C19H27N3O2S/c1-4-15-6-8-16(9-7-15)21-19-22-17(13-25-19)12-18(23)20-10-5-11-24-14(2)3/h6-9,13-14H,4-5,10-12H2,1-3H3,(H,20,23)(H,21,22). The number of nitrogens with zero attached hydrogens (tertiary/aromatic N) is 1. The number of aryl methyl sites for hydroxylation is 1. The van der Waals surface area contributed by atoms with E-state index < -0.39 is 0 Å². The molecule has 1 heterocycles. The predicted octanol–water partition coefficient (Wildman–Crippen LogP) is 3.92. The Bertz CT molecular complexity index is 653. The number of rotatable bonds is 10. The second-order valence-electron chi connectivity index (χ2n) is 6.12. The number of benzene rings is 1. The molecule has 0 spiro atoms. The van der Waals surface area contributed by atoms with Gasteiger partial charge in [-0.1, -0.05) is 19.1 Å². The largest absolute Gasteiger partial charge is 0.379 e. The number of carbonyl (C=O) groups is 1. The third kappa shape index (κ3) is 7.23. The van der Waals surface area contributed by atoms with Gasteiger partial charge in [-0.25, -0.2) is 4.98 Å². The van der Waals surface area contributed by atoms with Gasteiger partial charge in [-0.15, -0.1) is 11.3 Å². The molecule has 0 unspecified atom stereocenters. The van der Waals surface area contributed by atoms with Crippen LogP contribution in [0.5, 0.6) is 0 Å². The Hall–Kier alpha value is -1.92. The number of nitrogens with one attached hydrogen (secondary N) is 2. The average molecular weight is 362 g/mol. The lowest BCUT2D eigenvalue weighted by molar-refractivity contribution is -0.120. The summed E-state index contributed by atoms with van der Waals surface area (Å²) in [4.78, 5) is 16.4. The maximum atomic E-state index is 11.9. The highest BCUT2D eigenvalue weighted by Crippen LogP contribution is 2.21. The van der Waals surface area contributed by atoms with Gasteiger partial charge >= 0.3 is 0 Å². The summed E-state index contributed by atoms with van der Waals surface area (Å²) in [6.45, 7) is 7.44. The van der Waals surface area contributed by atoms with Crippen LogP contribution in [-0.4, -0.2) is 30.1 Å². The molecular weight excluding hydrogens is 334 g/mol. The van der Waals surface area contributed by atoms with Crippen LogP contribution in [0.4, 0.5) is 10.8 Å². The minimum Gasteiger partial charge on any atom is -0.379 e. The molecule has 2 N–H and O–H groups in total. The Labute approximate surface area is 153 Å². The molecule has 1 aromatic carbocycles. The summed E-state index contributed by atoms with van der Waals surface area (Å²) >= 11 is 1.51. The van der Waals surface area contributed by atoms with Crippen LogP contribution in [-0.2, 0) is 22.4 Å². The molecule has 1 amide bonds. The van der Waals surface area contributed by atoms with Crippen molar-refractivity contribution in [3.63, 3.8) is 0 Å². The summed E-state index contributed by atoms with van der Waals surface area (Å²) in [6.07, 6.45) is 2.38. The SMILES string of the molecule is CCc1ccc(Nc2nc(CC(=O)NCCCOC(C)C)cs2)cc1. The van der Waals surface area contributed by atoms with Gasteiger partial charge in [0.25, 0.3) is 0 Å². The minimum absolute atomic E-state index is 0.00584. The third-order valence-electron chi connectivity index (χ3n) is 3.60. The van der Waals surface area contributed by atoms with E-state index >= 15 is 0 Å². The van der Waals surface area contributed by atoms with Gasteiger partial charge in [0.1, 0.15) is 0 Å². The number of thiazole rings is 1. The minimum atomic E-state index is -0.00584. The molecule has 25 heavy (non-hydrogen) atoms. The first kappa shape index (κ1) is 19.4. The van der Waals surface area contributed by atoms with Gasteiger partial charge in [0.15, 0.2) is 5.13 Å². The molecule has 5 nitrogen and oxygen atoms in total. The van der Waals surface area contributed by atoms with Crippen molar-refractivity contribution in [2.45, 2.75) is 46.1 Å². The van der Waals surface area contributed by atoms with Crippen molar-refractivity contribution in [2.24, 2.45) is 0 Å². The van der Waals surface area contributed by atoms with E-state index in [9.17, 15) is 4.79 Å². The molecule has 136 valence electrons. The summed E-state index contributed by atoms with van der Waals surface area (Å²) in [5.74, 6) is -0.00584. The number of hydrogen-bond donors (Lipinski definition) is 2. The monoisotopic (exact) mass is 361 g/mol. The normalized spacial score (nSPS) is 10.9. The van der Waals surface area contributed by atoms with E-state index in [1.807, 2.05) is 31.4 Å². The molecule has 0 aliphatic rings. The number of amides is 1. The number of anilines is 2. The Balaban J connectivity index is 1.73. The van der Waals surface area contributed by atoms with Crippen LogP contribution in [0.1, 0.15) is 38.4 Å². The second-order valence-corrected chi connectivity index (χ2v) is 6.98. The maximum Gasteiger partial charge on any atom is 0.226 e. The van der Waals surface area contributed by atoms with Crippen molar-refractivity contribution in [1.82, 2.24) is 10.3 Å². The fraction of sp³-hybridized carbons (Fsp3) is 0.474. The molecule has 0 fully saturated rings. The van der Waals surface area contributed by atoms with Crippen LogP contribution in [0, 0.1) is 0 Å². The summed E-state index contributed by atoms with van der Waals surface area (Å²) in [6, 6.07) is 8.30. The first-order chi connectivity index (χ1) is 12.1. The zero-order valence-corrected chi connectivity index (χ0v) is 16.0. The average Bonchev–Trinajstić information content (AvgIpc) is 3.01. The van der Waals surface area contributed by atoms with Gasteiger partial charge in [-0.05, 0) is 44.4 Å². The van der Waals surface area contributed by atoms with Crippen LogP contribution in [0.3, 0.4) is 0 Å². The van der Waals surface area contributed by atoms with Crippen LogP contribution in [0.15, 0.2) is 29.6 Å². The summed E-state index contributed by atoms with van der Waals surface area (Å²) < 4.78 is 5.45. The van der Waals surface area contributed by atoms with E-state index in [-0.39, 0.29) is 12.0 Å². The smallest absolute Gasteiger partial charge is 0.226 e. The summed E-state index contributed by atoms with van der Waals surface area (Å²) in [5.41, 5.74) is 3.10. The first-order valence-electron chi connectivity index (χ1n) is 8.75. The highest BCUT2D eigenvalue weighted by Gasteiger charge is 2.08.